The van der Waals surface area contributed by atoms with Crippen LogP contribution in [0.1, 0.15) is 50.2 Å². The van der Waals surface area contributed by atoms with Gasteiger partial charge in [0, 0.05) is 40.5 Å². The molecule has 0 fully saturated rings. The van der Waals surface area contributed by atoms with Gasteiger partial charge in [0.2, 0.25) is 0 Å². The largest absolute Gasteiger partial charge is 0.489 e. The van der Waals surface area contributed by atoms with Crippen LogP contribution in [-0.4, -0.2) is 33.4 Å². The lowest BCUT2D eigenvalue weighted by Crippen LogP contribution is -2.42. The molecule has 3 rings (SSSR count). The van der Waals surface area contributed by atoms with Gasteiger partial charge in [-0.2, -0.15) is 0 Å². The van der Waals surface area contributed by atoms with E-state index in [4.69, 9.17) is 27.9 Å². The van der Waals surface area contributed by atoms with Crippen LogP contribution >= 0.6 is 23.2 Å². The zero-order valence-corrected chi connectivity index (χ0v) is 21.3. The maximum Gasteiger partial charge on any atom is 0.326 e. The number of carbonyl (C=O) groups is 3. The van der Waals surface area contributed by atoms with Gasteiger partial charge in [-0.25, -0.2) is 4.79 Å². The van der Waals surface area contributed by atoms with E-state index in [0.29, 0.717) is 43.9 Å². The molecule has 0 bridgehead atoms. The Labute approximate surface area is 213 Å². The molecule has 0 saturated heterocycles. The van der Waals surface area contributed by atoms with E-state index < -0.39 is 17.9 Å². The number of aromatic nitrogens is 1. The molecule has 0 radical (unpaired) electrons. The fourth-order valence-corrected chi connectivity index (χ4v) is 4.38. The lowest BCUT2D eigenvalue weighted by atomic mass is 10.0. The number of nitrogens with zero attached hydrogens (tertiary/aromatic N) is 1. The minimum atomic E-state index is -1.18. The van der Waals surface area contributed by atoms with Crippen molar-refractivity contribution in [2.75, 3.05) is 0 Å². The van der Waals surface area contributed by atoms with E-state index in [1.54, 1.807) is 67.9 Å². The highest BCUT2D eigenvalue weighted by atomic mass is 35.5. The highest BCUT2D eigenvalue weighted by molar-refractivity contribution is 6.35. The van der Waals surface area contributed by atoms with Gasteiger partial charge in [-0.1, -0.05) is 41.4 Å². The second-order valence-electron chi connectivity index (χ2n) is 8.24. The summed E-state index contributed by atoms with van der Waals surface area (Å²) in [6, 6.07) is 10.9. The molecule has 1 unspecified atom stereocenters. The van der Waals surface area contributed by atoms with Crippen molar-refractivity contribution in [1.29, 1.82) is 0 Å². The number of nitrogens with one attached hydrogen (secondary N) is 1. The maximum absolute atomic E-state index is 13.0. The third kappa shape index (κ3) is 5.86. The average molecular weight is 517 g/mol. The number of carboxylic acids is 1. The number of hydrogen-bond acceptors (Lipinski definition) is 4. The van der Waals surface area contributed by atoms with Gasteiger partial charge in [-0.05, 0) is 50.6 Å². The van der Waals surface area contributed by atoms with Crippen molar-refractivity contribution in [1.82, 2.24) is 9.88 Å². The molecule has 0 aliphatic heterocycles. The van der Waals surface area contributed by atoms with Crippen LogP contribution in [0, 0.1) is 13.8 Å². The summed E-state index contributed by atoms with van der Waals surface area (Å²) in [7, 11) is 1.76. The van der Waals surface area contributed by atoms with E-state index in [9.17, 15) is 19.5 Å². The standard InChI is InChI=1S/C26H26Cl2N2O5/c1-14-23(16(3)31)24(15(2)30(14)4)25(32)29-22(26(33)34)12-17-8-10-18(11-9-17)35-13-19-20(27)6-5-7-21(19)28/h5-11,22H,12-13H2,1-4H3,(H,29,32)(H,33,34). The molecule has 0 aliphatic carbocycles. The van der Waals surface area contributed by atoms with Crippen molar-refractivity contribution in [2.24, 2.45) is 7.05 Å². The predicted octanol–water partition coefficient (Wildman–Crippen LogP) is 5.16. The molecule has 184 valence electrons. The van der Waals surface area contributed by atoms with Crippen LogP contribution in [0.2, 0.25) is 10.0 Å². The molecular weight excluding hydrogens is 491 g/mol. The van der Waals surface area contributed by atoms with Gasteiger partial charge < -0.3 is 19.7 Å². The Morgan fingerprint density at radius 2 is 1.57 bits per heavy atom. The van der Waals surface area contributed by atoms with Gasteiger partial charge >= 0.3 is 5.97 Å². The number of Topliss-reactive ketones (excluding diaryl/α,β-unsaturated/α-hetero) is 1. The fraction of sp³-hybridized carbons (Fsp3) is 0.269. The summed E-state index contributed by atoms with van der Waals surface area (Å²) in [4.78, 5) is 37.1. The number of hydrogen-bond donors (Lipinski definition) is 2. The first-order valence-electron chi connectivity index (χ1n) is 10.9. The van der Waals surface area contributed by atoms with Crippen molar-refractivity contribution in [3.63, 3.8) is 0 Å². The topological polar surface area (TPSA) is 97.6 Å². The lowest BCUT2D eigenvalue weighted by Gasteiger charge is -2.16. The summed E-state index contributed by atoms with van der Waals surface area (Å²) >= 11 is 12.3. The molecule has 7 nitrogen and oxygen atoms in total. The average Bonchev–Trinajstić information content (AvgIpc) is 3.03. The second kappa shape index (κ2) is 11.0. The fourth-order valence-electron chi connectivity index (χ4n) is 3.87. The Morgan fingerprint density at radius 1 is 1.00 bits per heavy atom. The zero-order chi connectivity index (χ0) is 25.9. The van der Waals surface area contributed by atoms with Gasteiger partial charge in [-0.15, -0.1) is 0 Å². The summed E-state index contributed by atoms with van der Waals surface area (Å²) in [6.07, 6.45) is 0.0535. The molecule has 35 heavy (non-hydrogen) atoms. The van der Waals surface area contributed by atoms with Crippen LogP contribution in [0.5, 0.6) is 5.75 Å². The molecule has 0 spiro atoms. The van der Waals surface area contributed by atoms with E-state index >= 15 is 0 Å². The molecule has 2 aromatic carbocycles. The van der Waals surface area contributed by atoms with Gasteiger partial charge in [0.1, 0.15) is 18.4 Å². The number of ketones is 1. The molecule has 0 saturated carbocycles. The Hall–Kier alpha value is -3.29. The quantitative estimate of drug-likeness (QED) is 0.383. The monoisotopic (exact) mass is 516 g/mol. The van der Waals surface area contributed by atoms with Gasteiger partial charge in [0.15, 0.2) is 5.78 Å². The van der Waals surface area contributed by atoms with E-state index in [1.165, 1.54) is 6.92 Å². The van der Waals surface area contributed by atoms with E-state index in [2.05, 4.69) is 5.32 Å². The molecule has 2 N–H and O–H groups in total. The molecule has 1 heterocycles. The minimum absolute atomic E-state index is 0.0535. The van der Waals surface area contributed by atoms with Crippen molar-refractivity contribution in [3.8, 4) is 5.75 Å². The van der Waals surface area contributed by atoms with E-state index in [-0.39, 0.29) is 24.4 Å². The Bertz CT molecular complexity index is 1260. The first kappa shape index (κ1) is 26.3. The van der Waals surface area contributed by atoms with E-state index in [1.807, 2.05) is 0 Å². The summed E-state index contributed by atoms with van der Waals surface area (Å²) < 4.78 is 7.50. The Morgan fingerprint density at radius 3 is 2.11 bits per heavy atom. The normalized spacial score (nSPS) is 11.7. The number of halogens is 2. The summed E-state index contributed by atoms with van der Waals surface area (Å²) in [5, 5.41) is 13.3. The lowest BCUT2D eigenvalue weighted by molar-refractivity contribution is -0.139. The second-order valence-corrected chi connectivity index (χ2v) is 9.05. The number of amides is 1. The van der Waals surface area contributed by atoms with E-state index in [0.717, 1.165) is 0 Å². The van der Waals surface area contributed by atoms with Crippen LogP contribution in [-0.2, 0) is 24.9 Å². The van der Waals surface area contributed by atoms with Crippen LogP contribution in [0.25, 0.3) is 0 Å². The number of carbonyl (C=O) groups excluding carboxylic acids is 2. The Kier molecular flexibility index (Phi) is 8.25. The highest BCUT2D eigenvalue weighted by Crippen LogP contribution is 2.26. The summed E-state index contributed by atoms with van der Waals surface area (Å²) in [6.45, 7) is 5.04. The number of ether oxygens (including phenoxy) is 1. The molecule has 1 amide bonds. The summed E-state index contributed by atoms with van der Waals surface area (Å²) in [5.74, 6) is -1.47. The smallest absolute Gasteiger partial charge is 0.326 e. The molecule has 1 aromatic heterocycles. The number of benzene rings is 2. The third-order valence-electron chi connectivity index (χ3n) is 5.97. The maximum atomic E-state index is 13.0. The first-order chi connectivity index (χ1) is 16.5. The molecule has 9 heteroatoms. The van der Waals surface area contributed by atoms with Crippen molar-refractivity contribution in [3.05, 3.63) is 86.2 Å². The molecule has 1 atom stereocenters. The molecule has 0 aliphatic rings. The third-order valence-corrected chi connectivity index (χ3v) is 6.68. The van der Waals surface area contributed by atoms with Crippen molar-refractivity contribution < 1.29 is 24.2 Å². The molecule has 3 aromatic rings. The molecular formula is C26H26Cl2N2O5. The highest BCUT2D eigenvalue weighted by Gasteiger charge is 2.28. The van der Waals surface area contributed by atoms with Gasteiger partial charge in [0.25, 0.3) is 5.91 Å². The predicted molar refractivity (Wildman–Crippen MR) is 135 cm³/mol. The van der Waals surface area contributed by atoms with Crippen LogP contribution in [0.4, 0.5) is 0 Å². The van der Waals surface area contributed by atoms with Gasteiger partial charge in [0.05, 0.1) is 11.1 Å². The minimum Gasteiger partial charge on any atom is -0.489 e. The number of aliphatic carboxylic acids is 1. The zero-order valence-electron chi connectivity index (χ0n) is 19.8. The van der Waals surface area contributed by atoms with Gasteiger partial charge in [-0.3, -0.25) is 9.59 Å². The van der Waals surface area contributed by atoms with Crippen LogP contribution in [0.3, 0.4) is 0 Å². The number of carboxylic acid groups (broad SMARTS) is 1. The van der Waals surface area contributed by atoms with Crippen molar-refractivity contribution >= 4 is 40.9 Å². The number of rotatable bonds is 9. The first-order valence-corrected chi connectivity index (χ1v) is 11.6. The SMILES string of the molecule is CC(=O)c1c(C(=O)NC(Cc2ccc(OCc3c(Cl)cccc3Cl)cc2)C(=O)O)c(C)n(C)c1C. The van der Waals surface area contributed by atoms with Crippen LogP contribution < -0.4 is 10.1 Å². The Balaban J connectivity index is 1.71. The van der Waals surface area contributed by atoms with Crippen molar-refractivity contribution in [2.45, 2.75) is 39.8 Å². The summed E-state index contributed by atoms with van der Waals surface area (Å²) in [5.41, 5.74) is 3.10. The van der Waals surface area contributed by atoms with Crippen LogP contribution in [0.15, 0.2) is 42.5 Å².